The lowest BCUT2D eigenvalue weighted by atomic mass is 10.3. The zero-order valence-electron chi connectivity index (χ0n) is 12.8. The standard InChI is InChI=1S/C16H15FN6S/c17-12-10-18-16(19-11-12)23-7-5-22(6-8-23)15-4-3-13(20-21-15)14-2-1-9-24-14/h1-4,9-11H,5-8H2. The Kier molecular flexibility index (Phi) is 4.04. The molecule has 0 aromatic carbocycles. The fourth-order valence-corrected chi connectivity index (χ4v) is 3.34. The van der Waals surface area contributed by atoms with Crippen molar-refractivity contribution in [1.29, 1.82) is 0 Å². The third-order valence-corrected chi connectivity index (χ3v) is 4.81. The average molecular weight is 342 g/mol. The van der Waals surface area contributed by atoms with Crippen molar-refractivity contribution in [3.63, 3.8) is 0 Å². The second kappa shape index (κ2) is 6.48. The van der Waals surface area contributed by atoms with Gasteiger partial charge in [0.1, 0.15) is 5.69 Å². The van der Waals surface area contributed by atoms with Crippen molar-refractivity contribution in [3.8, 4) is 10.6 Å². The van der Waals surface area contributed by atoms with Crippen LogP contribution < -0.4 is 9.80 Å². The zero-order valence-corrected chi connectivity index (χ0v) is 13.7. The molecule has 3 aromatic heterocycles. The van der Waals surface area contributed by atoms with Crippen molar-refractivity contribution in [2.24, 2.45) is 0 Å². The Morgan fingerprint density at radius 1 is 0.917 bits per heavy atom. The highest BCUT2D eigenvalue weighted by Gasteiger charge is 2.20. The van der Waals surface area contributed by atoms with Crippen LogP contribution in [-0.2, 0) is 0 Å². The van der Waals surface area contributed by atoms with E-state index in [1.54, 1.807) is 11.3 Å². The summed E-state index contributed by atoms with van der Waals surface area (Å²) in [6, 6.07) is 8.05. The number of hydrogen-bond donors (Lipinski definition) is 0. The Hall–Kier alpha value is -2.61. The third-order valence-electron chi connectivity index (χ3n) is 3.92. The van der Waals surface area contributed by atoms with E-state index < -0.39 is 5.82 Å². The SMILES string of the molecule is Fc1cnc(N2CCN(c3ccc(-c4cccs4)nn3)CC2)nc1. The number of hydrogen-bond acceptors (Lipinski definition) is 7. The Morgan fingerprint density at radius 2 is 1.67 bits per heavy atom. The number of anilines is 2. The van der Waals surface area contributed by atoms with Crippen LogP contribution in [0.15, 0.2) is 42.0 Å². The summed E-state index contributed by atoms with van der Waals surface area (Å²) >= 11 is 1.65. The molecule has 6 nitrogen and oxygen atoms in total. The van der Waals surface area contributed by atoms with Crippen LogP contribution in [0.1, 0.15) is 0 Å². The van der Waals surface area contributed by atoms with Gasteiger partial charge in [0.25, 0.3) is 0 Å². The van der Waals surface area contributed by atoms with E-state index in [9.17, 15) is 4.39 Å². The van der Waals surface area contributed by atoms with Gasteiger partial charge in [-0.3, -0.25) is 0 Å². The number of rotatable bonds is 3. The summed E-state index contributed by atoms with van der Waals surface area (Å²) in [7, 11) is 0. The van der Waals surface area contributed by atoms with Crippen LogP contribution in [0.5, 0.6) is 0 Å². The first-order chi connectivity index (χ1) is 11.8. The molecule has 1 fully saturated rings. The molecule has 4 rings (SSSR count). The quantitative estimate of drug-likeness (QED) is 0.729. The molecule has 4 heterocycles. The maximum Gasteiger partial charge on any atom is 0.225 e. The molecule has 0 amide bonds. The summed E-state index contributed by atoms with van der Waals surface area (Å²) in [6.45, 7) is 3.13. The van der Waals surface area contributed by atoms with Gasteiger partial charge < -0.3 is 9.80 Å². The van der Waals surface area contributed by atoms with Crippen LogP contribution in [0.2, 0.25) is 0 Å². The highest BCUT2D eigenvalue weighted by atomic mass is 32.1. The molecule has 0 saturated carbocycles. The first-order valence-corrected chi connectivity index (χ1v) is 8.52. The van der Waals surface area contributed by atoms with Gasteiger partial charge in [0, 0.05) is 26.2 Å². The molecule has 8 heteroatoms. The van der Waals surface area contributed by atoms with E-state index in [2.05, 4.69) is 25.1 Å². The largest absolute Gasteiger partial charge is 0.352 e. The molecule has 1 aliphatic rings. The minimum atomic E-state index is -0.418. The molecule has 0 radical (unpaired) electrons. The van der Waals surface area contributed by atoms with Gasteiger partial charge in [0.2, 0.25) is 5.95 Å². The minimum Gasteiger partial charge on any atom is -0.352 e. The van der Waals surface area contributed by atoms with Gasteiger partial charge in [-0.05, 0) is 23.6 Å². The van der Waals surface area contributed by atoms with Crippen LogP contribution in [0.25, 0.3) is 10.6 Å². The molecule has 24 heavy (non-hydrogen) atoms. The van der Waals surface area contributed by atoms with E-state index in [0.29, 0.717) is 5.95 Å². The van der Waals surface area contributed by atoms with Crippen molar-refractivity contribution < 1.29 is 4.39 Å². The van der Waals surface area contributed by atoms with Gasteiger partial charge in [-0.1, -0.05) is 6.07 Å². The molecular weight excluding hydrogens is 327 g/mol. The van der Waals surface area contributed by atoms with Crippen molar-refractivity contribution in [1.82, 2.24) is 20.2 Å². The zero-order chi connectivity index (χ0) is 16.4. The molecule has 122 valence electrons. The van der Waals surface area contributed by atoms with E-state index in [1.807, 2.05) is 34.5 Å². The third kappa shape index (κ3) is 3.05. The number of thiophene rings is 1. The van der Waals surface area contributed by atoms with E-state index in [4.69, 9.17) is 0 Å². The van der Waals surface area contributed by atoms with Crippen molar-refractivity contribution in [3.05, 3.63) is 47.9 Å². The predicted octanol–water partition coefficient (Wildman–Crippen LogP) is 2.46. The van der Waals surface area contributed by atoms with E-state index >= 15 is 0 Å². The summed E-state index contributed by atoms with van der Waals surface area (Å²) in [5.41, 5.74) is 0.895. The average Bonchev–Trinajstić information content (AvgIpc) is 3.17. The van der Waals surface area contributed by atoms with Gasteiger partial charge in [-0.2, -0.15) is 0 Å². The molecule has 1 saturated heterocycles. The van der Waals surface area contributed by atoms with Gasteiger partial charge in [-0.25, -0.2) is 14.4 Å². The van der Waals surface area contributed by atoms with E-state index in [-0.39, 0.29) is 0 Å². The summed E-state index contributed by atoms with van der Waals surface area (Å²) < 4.78 is 12.9. The Labute approximate surface area is 142 Å². The molecule has 0 atom stereocenters. The van der Waals surface area contributed by atoms with Crippen LogP contribution in [0, 0.1) is 5.82 Å². The summed E-state index contributed by atoms with van der Waals surface area (Å²) in [5, 5.41) is 10.7. The molecule has 0 N–H and O–H groups in total. The fourth-order valence-electron chi connectivity index (χ4n) is 2.65. The van der Waals surface area contributed by atoms with Crippen LogP contribution in [0.3, 0.4) is 0 Å². The Morgan fingerprint density at radius 3 is 2.29 bits per heavy atom. The lowest BCUT2D eigenvalue weighted by Gasteiger charge is -2.35. The lowest BCUT2D eigenvalue weighted by molar-refractivity contribution is 0.601. The number of nitrogens with zero attached hydrogens (tertiary/aromatic N) is 6. The molecule has 0 bridgehead atoms. The van der Waals surface area contributed by atoms with Crippen LogP contribution >= 0.6 is 11.3 Å². The first kappa shape index (κ1) is 14.9. The molecule has 0 unspecified atom stereocenters. The lowest BCUT2D eigenvalue weighted by Crippen LogP contribution is -2.47. The number of aromatic nitrogens is 4. The van der Waals surface area contributed by atoms with Gasteiger partial charge in [-0.15, -0.1) is 21.5 Å². The second-order valence-electron chi connectivity index (χ2n) is 5.43. The number of halogens is 1. The van der Waals surface area contributed by atoms with Crippen molar-refractivity contribution in [2.75, 3.05) is 36.0 Å². The van der Waals surface area contributed by atoms with Gasteiger partial charge in [0.15, 0.2) is 11.6 Å². The summed E-state index contributed by atoms with van der Waals surface area (Å²) in [5.74, 6) is 1.02. The highest BCUT2D eigenvalue weighted by Crippen LogP contribution is 2.23. The summed E-state index contributed by atoms with van der Waals surface area (Å²) in [4.78, 5) is 13.4. The van der Waals surface area contributed by atoms with Crippen LogP contribution in [-0.4, -0.2) is 46.3 Å². The molecule has 0 aliphatic carbocycles. The molecule has 1 aliphatic heterocycles. The normalized spacial score (nSPS) is 14.9. The second-order valence-corrected chi connectivity index (χ2v) is 6.38. The van der Waals surface area contributed by atoms with Gasteiger partial charge in [0.05, 0.1) is 17.3 Å². The summed E-state index contributed by atoms with van der Waals surface area (Å²) in [6.07, 6.45) is 2.40. The monoisotopic (exact) mass is 342 g/mol. The first-order valence-electron chi connectivity index (χ1n) is 7.65. The van der Waals surface area contributed by atoms with Crippen LogP contribution in [0.4, 0.5) is 16.2 Å². The van der Waals surface area contributed by atoms with E-state index in [0.717, 1.165) is 42.6 Å². The smallest absolute Gasteiger partial charge is 0.225 e. The molecule has 3 aromatic rings. The van der Waals surface area contributed by atoms with Crippen molar-refractivity contribution >= 4 is 23.1 Å². The topological polar surface area (TPSA) is 58.0 Å². The minimum absolute atomic E-state index is 0.418. The highest BCUT2D eigenvalue weighted by molar-refractivity contribution is 7.13. The number of piperazine rings is 1. The maximum absolute atomic E-state index is 12.9. The van der Waals surface area contributed by atoms with Gasteiger partial charge >= 0.3 is 0 Å². The van der Waals surface area contributed by atoms with Crippen molar-refractivity contribution in [2.45, 2.75) is 0 Å². The fraction of sp³-hybridized carbons (Fsp3) is 0.250. The predicted molar refractivity (Wildman–Crippen MR) is 91.8 cm³/mol. The Balaban J connectivity index is 1.41. The maximum atomic E-state index is 12.9. The molecular formula is C16H15FN6S. The van der Waals surface area contributed by atoms with E-state index in [1.165, 1.54) is 12.4 Å². The molecule has 0 spiro atoms. The Bertz CT molecular complexity index is 782.